The fraction of sp³-hybridized carbons (Fsp3) is 0.571. The Balaban J connectivity index is 2.15. The Morgan fingerprint density at radius 2 is 1.94 bits per heavy atom. The summed E-state index contributed by atoms with van der Waals surface area (Å²) in [5.41, 5.74) is -2.93. The molecule has 0 radical (unpaired) electrons. The molecule has 1 aromatic carbocycles. The van der Waals surface area contributed by atoms with Gasteiger partial charge in [-0.1, -0.05) is 18.2 Å². The Kier molecular flexibility index (Phi) is 5.90. The molecule has 2 heterocycles. The van der Waals surface area contributed by atoms with Gasteiger partial charge in [-0.2, -0.15) is 13.2 Å². The van der Waals surface area contributed by atoms with Crippen LogP contribution in [0.1, 0.15) is 39.7 Å². The minimum atomic E-state index is -4.86. The summed E-state index contributed by atoms with van der Waals surface area (Å²) in [5, 5.41) is 0. The summed E-state index contributed by atoms with van der Waals surface area (Å²) in [6.45, 7) is 5.86. The zero-order valence-corrected chi connectivity index (χ0v) is 17.6. The van der Waals surface area contributed by atoms with E-state index in [1.165, 1.54) is 18.2 Å². The largest absolute Gasteiger partial charge is 0.460 e. The lowest BCUT2D eigenvalue weighted by Crippen LogP contribution is -2.57. The Hall–Kier alpha value is -2.49. The number of fused-ring (bicyclic) bond motifs is 1. The van der Waals surface area contributed by atoms with Gasteiger partial charge in [0.1, 0.15) is 35.1 Å². The van der Waals surface area contributed by atoms with Gasteiger partial charge < -0.3 is 9.47 Å². The van der Waals surface area contributed by atoms with Crippen molar-refractivity contribution in [2.45, 2.75) is 57.5 Å². The molecule has 1 fully saturated rings. The lowest BCUT2D eigenvalue weighted by Gasteiger charge is -2.41. The molecule has 10 heteroatoms. The van der Waals surface area contributed by atoms with E-state index in [0.717, 1.165) is 11.0 Å². The molecule has 2 aliphatic rings. The van der Waals surface area contributed by atoms with Crippen LogP contribution in [0.5, 0.6) is 0 Å². The van der Waals surface area contributed by atoms with Crippen LogP contribution in [0.2, 0.25) is 0 Å². The van der Waals surface area contributed by atoms with Gasteiger partial charge in [0.2, 0.25) is 5.91 Å². The number of esters is 1. The van der Waals surface area contributed by atoms with Gasteiger partial charge in [0.25, 0.3) is 0 Å². The smallest absolute Gasteiger partial charge is 0.415 e. The van der Waals surface area contributed by atoms with Crippen molar-refractivity contribution in [2.75, 3.05) is 13.2 Å². The summed E-state index contributed by atoms with van der Waals surface area (Å²) < 4.78 is 66.1. The minimum Gasteiger partial charge on any atom is -0.460 e. The first-order chi connectivity index (χ1) is 14.3. The predicted octanol–water partition coefficient (Wildman–Crippen LogP) is 3.59. The van der Waals surface area contributed by atoms with Crippen LogP contribution in [0.15, 0.2) is 29.3 Å². The number of nitrogens with zero attached hydrogens (tertiary/aromatic N) is 2. The second kappa shape index (κ2) is 7.89. The summed E-state index contributed by atoms with van der Waals surface area (Å²) in [7, 11) is 0. The Bertz CT molecular complexity index is 909. The van der Waals surface area contributed by atoms with Crippen LogP contribution in [0.25, 0.3) is 0 Å². The number of amidine groups is 1. The summed E-state index contributed by atoms with van der Waals surface area (Å²) in [6, 6.07) is 5.20. The molecular weight excluding hydrogens is 420 g/mol. The first kappa shape index (κ1) is 23.2. The van der Waals surface area contributed by atoms with Crippen molar-refractivity contribution in [3.63, 3.8) is 0 Å². The molecule has 0 bridgehead atoms. The predicted molar refractivity (Wildman–Crippen MR) is 103 cm³/mol. The van der Waals surface area contributed by atoms with Crippen molar-refractivity contribution in [3.8, 4) is 0 Å². The van der Waals surface area contributed by atoms with Crippen LogP contribution in [0.4, 0.5) is 17.6 Å². The summed E-state index contributed by atoms with van der Waals surface area (Å²) in [5.74, 6) is -4.32. The standard InChI is InChI=1S/C21H24F4N2O4/c1-5-27-14(10-15(28)31-19(2,3)4)26-20(12-8-6-7-9-13(12)22)11-30-17(21(23,24)25)16(20)18(27)29/h6-9,16-17H,5,10-11H2,1-4H3/t16-,17-,20+/m0/s1. The van der Waals surface area contributed by atoms with E-state index in [1.807, 2.05) is 0 Å². The molecule has 3 rings (SSSR count). The van der Waals surface area contributed by atoms with Gasteiger partial charge in [-0.3, -0.25) is 19.5 Å². The van der Waals surface area contributed by atoms with Crippen molar-refractivity contribution in [2.24, 2.45) is 10.9 Å². The van der Waals surface area contributed by atoms with Gasteiger partial charge in [0.05, 0.1) is 6.61 Å². The Morgan fingerprint density at radius 3 is 2.48 bits per heavy atom. The van der Waals surface area contributed by atoms with Gasteiger partial charge in [0, 0.05) is 12.1 Å². The number of halogens is 4. The Labute approximate surface area is 177 Å². The lowest BCUT2D eigenvalue weighted by molar-refractivity contribution is -0.218. The van der Waals surface area contributed by atoms with Gasteiger partial charge in [-0.15, -0.1) is 0 Å². The average molecular weight is 444 g/mol. The maximum absolute atomic E-state index is 14.7. The molecule has 31 heavy (non-hydrogen) atoms. The maximum atomic E-state index is 14.7. The van der Waals surface area contributed by atoms with E-state index < -0.39 is 60.1 Å². The van der Waals surface area contributed by atoms with Crippen molar-refractivity contribution in [3.05, 3.63) is 35.6 Å². The third kappa shape index (κ3) is 4.30. The monoisotopic (exact) mass is 444 g/mol. The van der Waals surface area contributed by atoms with E-state index in [0.29, 0.717) is 0 Å². The molecular formula is C21H24F4N2O4. The molecule has 1 saturated heterocycles. The maximum Gasteiger partial charge on any atom is 0.415 e. The number of alkyl halides is 3. The fourth-order valence-corrected chi connectivity index (χ4v) is 4.06. The van der Waals surface area contributed by atoms with Gasteiger partial charge in [-0.05, 0) is 33.8 Å². The third-order valence-electron chi connectivity index (χ3n) is 5.17. The second-order valence-electron chi connectivity index (χ2n) is 8.53. The molecule has 170 valence electrons. The first-order valence-corrected chi connectivity index (χ1v) is 9.85. The lowest BCUT2D eigenvalue weighted by atomic mass is 9.75. The number of carbonyl (C=O) groups is 2. The molecule has 0 N–H and O–H groups in total. The molecule has 0 aliphatic carbocycles. The number of aliphatic imine (C=N–C) groups is 1. The van der Waals surface area contributed by atoms with Crippen LogP contribution >= 0.6 is 0 Å². The van der Waals surface area contributed by atoms with E-state index in [9.17, 15) is 27.2 Å². The molecule has 3 atom stereocenters. The van der Waals surface area contributed by atoms with Crippen LogP contribution < -0.4 is 0 Å². The molecule has 0 saturated carbocycles. The van der Waals surface area contributed by atoms with Crippen LogP contribution in [0.3, 0.4) is 0 Å². The molecule has 2 aliphatic heterocycles. The highest BCUT2D eigenvalue weighted by Gasteiger charge is 2.66. The van der Waals surface area contributed by atoms with Crippen molar-refractivity contribution < 1.29 is 36.6 Å². The SMILES string of the molecule is CCN1C(=O)[C@@H]2[C@@H](C(F)(F)F)OC[C@]2(c2ccccc2F)N=C1CC(=O)OC(C)(C)C. The van der Waals surface area contributed by atoms with Crippen molar-refractivity contribution in [1.29, 1.82) is 0 Å². The van der Waals surface area contributed by atoms with Crippen molar-refractivity contribution in [1.82, 2.24) is 4.90 Å². The van der Waals surface area contributed by atoms with Crippen LogP contribution in [-0.2, 0) is 24.6 Å². The third-order valence-corrected chi connectivity index (χ3v) is 5.17. The van der Waals surface area contributed by atoms with Crippen molar-refractivity contribution >= 4 is 17.7 Å². The number of carbonyl (C=O) groups excluding carboxylic acids is 2. The van der Waals surface area contributed by atoms with E-state index in [1.54, 1.807) is 27.7 Å². The minimum absolute atomic E-state index is 0.0190. The number of hydrogen-bond donors (Lipinski definition) is 0. The molecule has 0 aromatic heterocycles. The number of hydrogen-bond acceptors (Lipinski definition) is 5. The molecule has 0 spiro atoms. The van der Waals surface area contributed by atoms with Crippen LogP contribution in [0, 0.1) is 11.7 Å². The average Bonchev–Trinajstić information content (AvgIpc) is 3.01. The number of benzene rings is 1. The molecule has 0 unspecified atom stereocenters. The molecule has 6 nitrogen and oxygen atoms in total. The fourth-order valence-electron chi connectivity index (χ4n) is 4.06. The van der Waals surface area contributed by atoms with Crippen LogP contribution in [-0.4, -0.2) is 53.6 Å². The number of ether oxygens (including phenoxy) is 2. The van der Waals surface area contributed by atoms with E-state index in [4.69, 9.17) is 9.47 Å². The normalized spacial score (nSPS) is 26.5. The Morgan fingerprint density at radius 1 is 1.29 bits per heavy atom. The highest BCUT2D eigenvalue weighted by molar-refractivity contribution is 6.08. The summed E-state index contributed by atoms with van der Waals surface area (Å²) in [4.78, 5) is 31.1. The van der Waals surface area contributed by atoms with Gasteiger partial charge in [0.15, 0.2) is 6.10 Å². The first-order valence-electron chi connectivity index (χ1n) is 9.85. The molecule has 1 amide bonds. The van der Waals surface area contributed by atoms with Gasteiger partial charge in [-0.25, -0.2) is 4.39 Å². The highest BCUT2D eigenvalue weighted by Crippen LogP contribution is 2.51. The van der Waals surface area contributed by atoms with E-state index >= 15 is 0 Å². The van der Waals surface area contributed by atoms with Gasteiger partial charge >= 0.3 is 12.1 Å². The number of rotatable bonds is 4. The van der Waals surface area contributed by atoms with E-state index in [-0.39, 0.29) is 17.9 Å². The summed E-state index contributed by atoms with van der Waals surface area (Å²) in [6.07, 6.45) is -7.75. The zero-order chi connectivity index (χ0) is 23.2. The highest BCUT2D eigenvalue weighted by atomic mass is 19.4. The zero-order valence-electron chi connectivity index (χ0n) is 17.6. The van der Waals surface area contributed by atoms with E-state index in [2.05, 4.69) is 4.99 Å². The number of amides is 1. The second-order valence-corrected chi connectivity index (χ2v) is 8.53. The summed E-state index contributed by atoms with van der Waals surface area (Å²) >= 11 is 0. The molecule has 1 aromatic rings. The topological polar surface area (TPSA) is 68.2 Å². The quantitative estimate of drug-likeness (QED) is 0.526.